The van der Waals surface area contributed by atoms with Crippen LogP contribution >= 0.6 is 0 Å². The number of hydrogen-bond acceptors (Lipinski definition) is 8. The largest absolute Gasteiger partial charge is 0.394 e. The van der Waals surface area contributed by atoms with E-state index in [9.17, 15) is 30.3 Å². The standard InChI is InChI=1S/C54H107NO8/c1-3-5-7-9-11-12-13-14-15-16-17-18-19-20-21-22-23-24-25-26-27-28-29-30-31-32-33-34-35-36-38-40-42-44-50(58)55-47(48(57)43-41-39-37-10-8-6-4-2)46-62-54-53(61)52(60)51(59)49(45-56)63-54/h47-49,51-54,56-57,59-61H,3-46H2,1-2H3,(H,55,58). The highest BCUT2D eigenvalue weighted by molar-refractivity contribution is 5.76. The lowest BCUT2D eigenvalue weighted by molar-refractivity contribution is -0.302. The van der Waals surface area contributed by atoms with Gasteiger partial charge in [-0.25, -0.2) is 0 Å². The van der Waals surface area contributed by atoms with Gasteiger partial charge in [-0.2, -0.15) is 0 Å². The minimum absolute atomic E-state index is 0.133. The maximum Gasteiger partial charge on any atom is 0.220 e. The van der Waals surface area contributed by atoms with Crippen LogP contribution in [0.25, 0.3) is 0 Å². The van der Waals surface area contributed by atoms with Gasteiger partial charge in [0, 0.05) is 6.42 Å². The number of unbranched alkanes of at least 4 members (excludes halogenated alkanes) is 38. The second-order valence-electron chi connectivity index (χ2n) is 19.7. The minimum atomic E-state index is -1.55. The molecule has 7 unspecified atom stereocenters. The van der Waals surface area contributed by atoms with Gasteiger partial charge in [-0.3, -0.25) is 4.79 Å². The Hall–Kier alpha value is -0.810. The van der Waals surface area contributed by atoms with Gasteiger partial charge in [0.2, 0.25) is 5.91 Å². The molecule has 0 saturated carbocycles. The van der Waals surface area contributed by atoms with Crippen LogP contribution in [0.4, 0.5) is 0 Å². The summed E-state index contributed by atoms with van der Waals surface area (Å²) in [6.45, 7) is 3.81. The predicted molar refractivity (Wildman–Crippen MR) is 263 cm³/mol. The first-order valence-electron chi connectivity index (χ1n) is 27.7. The summed E-state index contributed by atoms with van der Waals surface area (Å²) in [5, 5.41) is 54.2. The van der Waals surface area contributed by atoms with Crippen molar-refractivity contribution in [3.05, 3.63) is 0 Å². The van der Waals surface area contributed by atoms with E-state index < -0.39 is 49.5 Å². The van der Waals surface area contributed by atoms with E-state index >= 15 is 0 Å². The van der Waals surface area contributed by atoms with E-state index in [2.05, 4.69) is 19.2 Å². The van der Waals surface area contributed by atoms with Crippen molar-refractivity contribution in [2.75, 3.05) is 13.2 Å². The molecule has 0 radical (unpaired) electrons. The number of rotatable bonds is 48. The van der Waals surface area contributed by atoms with Crippen molar-refractivity contribution in [2.24, 2.45) is 0 Å². The Morgan fingerprint density at radius 1 is 0.476 bits per heavy atom. The van der Waals surface area contributed by atoms with Crippen LogP contribution in [-0.4, -0.2) is 87.5 Å². The molecule has 0 aromatic carbocycles. The lowest BCUT2D eigenvalue weighted by Gasteiger charge is -2.40. The molecule has 7 atom stereocenters. The fraction of sp³-hybridized carbons (Fsp3) is 0.981. The average Bonchev–Trinajstić information content (AvgIpc) is 3.28. The molecule has 1 saturated heterocycles. The first-order chi connectivity index (χ1) is 30.8. The monoisotopic (exact) mass is 898 g/mol. The van der Waals surface area contributed by atoms with Crippen LogP contribution in [0.15, 0.2) is 0 Å². The Balaban J connectivity index is 1.99. The van der Waals surface area contributed by atoms with Crippen LogP contribution in [0, 0.1) is 0 Å². The third-order valence-electron chi connectivity index (χ3n) is 13.7. The molecule has 9 heteroatoms. The van der Waals surface area contributed by atoms with Crippen LogP contribution in [-0.2, 0) is 14.3 Å². The van der Waals surface area contributed by atoms with Gasteiger partial charge in [-0.15, -0.1) is 0 Å². The van der Waals surface area contributed by atoms with Crippen LogP contribution in [0.3, 0.4) is 0 Å². The van der Waals surface area contributed by atoms with Crippen LogP contribution in [0.5, 0.6) is 0 Å². The lowest BCUT2D eigenvalue weighted by atomic mass is 9.99. The highest BCUT2D eigenvalue weighted by Crippen LogP contribution is 2.23. The summed E-state index contributed by atoms with van der Waals surface area (Å²) in [6.07, 6.45) is 46.2. The van der Waals surface area contributed by atoms with E-state index in [0.717, 1.165) is 38.5 Å². The highest BCUT2D eigenvalue weighted by atomic mass is 16.7. The number of aliphatic hydroxyl groups is 5. The quantitative estimate of drug-likeness (QED) is 0.0331. The van der Waals surface area contributed by atoms with Gasteiger partial charge in [0.25, 0.3) is 0 Å². The molecule has 376 valence electrons. The topological polar surface area (TPSA) is 149 Å². The SMILES string of the molecule is CCCCCCCCCCCCCCCCCCCCCCCCCCCCCCCCCCCC(=O)NC(COC1OC(CO)C(O)C(O)C1O)C(O)CCCCCCCCC. The number of aliphatic hydroxyl groups excluding tert-OH is 5. The zero-order valence-corrected chi connectivity index (χ0v) is 41.6. The molecule has 1 aliphatic rings. The van der Waals surface area contributed by atoms with E-state index in [-0.39, 0.29) is 12.5 Å². The lowest BCUT2D eigenvalue weighted by Crippen LogP contribution is -2.60. The molecule has 1 amide bonds. The fourth-order valence-corrected chi connectivity index (χ4v) is 9.28. The summed E-state index contributed by atoms with van der Waals surface area (Å²) < 4.78 is 11.2. The summed E-state index contributed by atoms with van der Waals surface area (Å²) >= 11 is 0. The molecular weight excluding hydrogens is 791 g/mol. The summed E-state index contributed by atoms with van der Waals surface area (Å²) in [7, 11) is 0. The van der Waals surface area contributed by atoms with Gasteiger partial charge in [0.1, 0.15) is 24.4 Å². The third kappa shape index (κ3) is 35.1. The molecule has 0 aromatic heterocycles. The maximum absolute atomic E-state index is 12.9. The molecule has 0 aromatic rings. The maximum atomic E-state index is 12.9. The molecule has 0 spiro atoms. The van der Waals surface area contributed by atoms with Crippen LogP contribution < -0.4 is 5.32 Å². The first-order valence-corrected chi connectivity index (χ1v) is 27.7. The molecule has 63 heavy (non-hydrogen) atoms. The fourth-order valence-electron chi connectivity index (χ4n) is 9.28. The third-order valence-corrected chi connectivity index (χ3v) is 13.7. The summed E-state index contributed by atoms with van der Waals surface area (Å²) in [6, 6.07) is -0.710. The summed E-state index contributed by atoms with van der Waals surface area (Å²) in [5.41, 5.74) is 0. The van der Waals surface area contributed by atoms with E-state index in [1.807, 2.05) is 0 Å². The molecule has 9 nitrogen and oxygen atoms in total. The number of amides is 1. The normalized spacial score (nSPS) is 20.0. The zero-order valence-electron chi connectivity index (χ0n) is 41.6. The van der Waals surface area contributed by atoms with Gasteiger partial charge in [0.05, 0.1) is 25.4 Å². The van der Waals surface area contributed by atoms with Crippen molar-refractivity contribution in [2.45, 2.75) is 326 Å². The van der Waals surface area contributed by atoms with E-state index in [1.165, 1.54) is 218 Å². The number of hydrogen-bond donors (Lipinski definition) is 6. The van der Waals surface area contributed by atoms with Gasteiger partial charge in [0.15, 0.2) is 6.29 Å². The Bertz CT molecular complexity index is 955. The Morgan fingerprint density at radius 3 is 1.13 bits per heavy atom. The number of carbonyl (C=O) groups excluding carboxylic acids is 1. The highest BCUT2D eigenvalue weighted by Gasteiger charge is 2.44. The predicted octanol–water partition coefficient (Wildman–Crippen LogP) is 13.1. The van der Waals surface area contributed by atoms with Gasteiger partial charge in [-0.05, 0) is 12.8 Å². The van der Waals surface area contributed by atoms with E-state index in [1.54, 1.807) is 0 Å². The summed E-state index contributed by atoms with van der Waals surface area (Å²) in [5.74, 6) is -0.142. The Kier molecular flexibility index (Phi) is 43.0. The van der Waals surface area contributed by atoms with Gasteiger partial charge in [-0.1, -0.05) is 264 Å². The van der Waals surface area contributed by atoms with Crippen molar-refractivity contribution < 1.29 is 39.8 Å². The number of carbonyl (C=O) groups is 1. The van der Waals surface area contributed by atoms with Crippen LogP contribution in [0.1, 0.15) is 284 Å². The molecule has 1 rings (SSSR count). The molecule has 6 N–H and O–H groups in total. The van der Waals surface area contributed by atoms with Gasteiger partial charge >= 0.3 is 0 Å². The van der Waals surface area contributed by atoms with Crippen molar-refractivity contribution in [1.29, 1.82) is 0 Å². The van der Waals surface area contributed by atoms with E-state index in [0.29, 0.717) is 12.8 Å². The second kappa shape index (κ2) is 45.0. The molecule has 1 fully saturated rings. The zero-order chi connectivity index (χ0) is 45.9. The number of ether oxygens (including phenoxy) is 2. The molecular formula is C54H107NO8. The van der Waals surface area contributed by atoms with E-state index in [4.69, 9.17) is 9.47 Å². The number of nitrogens with one attached hydrogen (secondary N) is 1. The molecule has 0 aliphatic carbocycles. The smallest absolute Gasteiger partial charge is 0.220 e. The minimum Gasteiger partial charge on any atom is -0.394 e. The second-order valence-corrected chi connectivity index (χ2v) is 19.7. The van der Waals surface area contributed by atoms with Crippen molar-refractivity contribution in [1.82, 2.24) is 5.32 Å². The van der Waals surface area contributed by atoms with Crippen molar-refractivity contribution >= 4 is 5.91 Å². The van der Waals surface area contributed by atoms with Crippen LogP contribution in [0.2, 0.25) is 0 Å². The average molecular weight is 898 g/mol. The van der Waals surface area contributed by atoms with Crippen molar-refractivity contribution in [3.8, 4) is 0 Å². The summed E-state index contributed by atoms with van der Waals surface area (Å²) in [4.78, 5) is 12.9. The molecule has 0 bridgehead atoms. The Morgan fingerprint density at radius 2 is 0.794 bits per heavy atom. The Labute approximate surface area is 389 Å². The van der Waals surface area contributed by atoms with Gasteiger partial charge < -0.3 is 40.3 Å². The van der Waals surface area contributed by atoms with Crippen molar-refractivity contribution in [3.63, 3.8) is 0 Å². The molecule has 1 heterocycles. The first kappa shape index (κ1) is 60.2. The molecule has 1 aliphatic heterocycles.